The van der Waals surface area contributed by atoms with Crippen molar-refractivity contribution in [1.29, 1.82) is 0 Å². The molecule has 0 saturated carbocycles. The lowest BCUT2D eigenvalue weighted by Crippen LogP contribution is -1.99. The zero-order chi connectivity index (χ0) is 9.35. The Morgan fingerprint density at radius 2 is 1.92 bits per heavy atom. The van der Waals surface area contributed by atoms with Crippen molar-refractivity contribution < 1.29 is 13.0 Å². The Balaban J connectivity index is 3.37. The van der Waals surface area contributed by atoms with Gasteiger partial charge in [-0.05, 0) is 31.0 Å². The third kappa shape index (κ3) is 2.06. The maximum absolute atomic E-state index is 10.7. The van der Waals surface area contributed by atoms with Gasteiger partial charge in [0.1, 0.15) is 4.90 Å². The molecule has 0 unspecified atom stereocenters. The summed E-state index contributed by atoms with van der Waals surface area (Å²) in [7, 11) is -4.10. The third-order valence-corrected chi connectivity index (χ3v) is 2.18. The van der Waals surface area contributed by atoms with Gasteiger partial charge >= 0.3 is 0 Å². The summed E-state index contributed by atoms with van der Waals surface area (Å²) < 4.78 is 30.0. The lowest BCUT2D eigenvalue weighted by atomic mass is 10.2. The lowest BCUT2D eigenvalue weighted by Gasteiger charge is -1.99. The van der Waals surface area contributed by atoms with Crippen molar-refractivity contribution in [2.45, 2.75) is 18.7 Å². The number of aryl methyl sites for hydroxylation is 2. The Kier molecular flexibility index (Phi) is 2.21. The zero-order valence-electron chi connectivity index (χ0n) is 6.83. The molecule has 0 spiro atoms. The first-order valence-corrected chi connectivity index (χ1v) is 4.81. The summed E-state index contributed by atoms with van der Waals surface area (Å²) in [5.41, 5.74) is 1.49. The average molecular weight is 185 g/mol. The molecule has 0 bridgehead atoms. The first kappa shape index (κ1) is 9.22. The molecule has 0 aliphatic heterocycles. The second kappa shape index (κ2) is 2.88. The molecule has 1 aromatic carbocycles. The Bertz CT molecular complexity index is 373. The molecule has 0 heterocycles. The Labute approximate surface area is 71.8 Å². The predicted octanol–water partition coefficient (Wildman–Crippen LogP) is 1.35. The molecule has 1 rings (SSSR count). The summed E-state index contributed by atoms with van der Waals surface area (Å²) >= 11 is 0. The monoisotopic (exact) mass is 185 g/mol. The quantitative estimate of drug-likeness (QED) is 0.672. The van der Waals surface area contributed by atoms with Crippen LogP contribution in [-0.4, -0.2) is 13.0 Å². The van der Waals surface area contributed by atoms with Crippen molar-refractivity contribution in [3.8, 4) is 0 Å². The number of hydrogen-bond donors (Lipinski definition) is 1. The molecule has 1 radical (unpaired) electrons. The number of benzene rings is 1. The van der Waals surface area contributed by atoms with Crippen molar-refractivity contribution in [1.82, 2.24) is 0 Å². The fraction of sp³-hybridized carbons (Fsp3) is 0.250. The van der Waals surface area contributed by atoms with Crippen LogP contribution in [0.25, 0.3) is 0 Å². The van der Waals surface area contributed by atoms with Gasteiger partial charge in [-0.3, -0.25) is 4.55 Å². The minimum absolute atomic E-state index is 0.167. The van der Waals surface area contributed by atoms with Crippen LogP contribution in [0.5, 0.6) is 0 Å². The van der Waals surface area contributed by atoms with Crippen LogP contribution >= 0.6 is 0 Å². The van der Waals surface area contributed by atoms with E-state index in [-0.39, 0.29) is 4.90 Å². The third-order valence-electron chi connectivity index (χ3n) is 1.40. The summed E-state index contributed by atoms with van der Waals surface area (Å²) in [6.07, 6.45) is 0. The van der Waals surface area contributed by atoms with Crippen LogP contribution in [0, 0.1) is 19.9 Å². The maximum Gasteiger partial charge on any atom is 0.295 e. The van der Waals surface area contributed by atoms with E-state index < -0.39 is 10.1 Å². The predicted molar refractivity (Wildman–Crippen MR) is 44.6 cm³/mol. The van der Waals surface area contributed by atoms with Gasteiger partial charge < -0.3 is 0 Å². The van der Waals surface area contributed by atoms with Crippen molar-refractivity contribution in [3.63, 3.8) is 0 Å². The van der Waals surface area contributed by atoms with E-state index >= 15 is 0 Å². The van der Waals surface area contributed by atoms with E-state index in [9.17, 15) is 8.42 Å². The van der Waals surface area contributed by atoms with E-state index in [2.05, 4.69) is 6.07 Å². The Morgan fingerprint density at radius 3 is 2.33 bits per heavy atom. The second-order valence-corrected chi connectivity index (χ2v) is 4.07. The van der Waals surface area contributed by atoms with E-state index in [4.69, 9.17) is 4.55 Å². The van der Waals surface area contributed by atoms with Crippen LogP contribution in [0.1, 0.15) is 11.1 Å². The van der Waals surface area contributed by atoms with Crippen molar-refractivity contribution in [2.75, 3.05) is 0 Å². The van der Waals surface area contributed by atoms with Crippen LogP contribution in [-0.2, 0) is 10.1 Å². The molecule has 12 heavy (non-hydrogen) atoms. The standard InChI is InChI=1S/C8H9O3S/c1-6-3-7(2)5-8(4-6)12(9,10)11/h3-4H,1-2H3,(H,9,10,11). The molecule has 0 aliphatic rings. The van der Waals surface area contributed by atoms with E-state index in [1.165, 1.54) is 6.07 Å². The molecule has 0 amide bonds. The molecule has 0 aliphatic carbocycles. The van der Waals surface area contributed by atoms with Gasteiger partial charge in [0.05, 0.1) is 0 Å². The summed E-state index contributed by atoms with van der Waals surface area (Å²) in [6.45, 7) is 3.48. The van der Waals surface area contributed by atoms with Crippen LogP contribution in [0.15, 0.2) is 17.0 Å². The zero-order valence-corrected chi connectivity index (χ0v) is 7.64. The first-order valence-electron chi connectivity index (χ1n) is 3.37. The normalized spacial score (nSPS) is 11.6. The molecule has 0 fully saturated rings. The second-order valence-electron chi connectivity index (χ2n) is 2.68. The lowest BCUT2D eigenvalue weighted by molar-refractivity contribution is 0.483. The van der Waals surface area contributed by atoms with Gasteiger partial charge in [-0.1, -0.05) is 6.07 Å². The minimum Gasteiger partial charge on any atom is -0.282 e. The van der Waals surface area contributed by atoms with Crippen molar-refractivity contribution in [3.05, 3.63) is 29.3 Å². The van der Waals surface area contributed by atoms with Crippen LogP contribution < -0.4 is 0 Å². The average Bonchev–Trinajstić information content (AvgIpc) is 1.82. The molecular weight excluding hydrogens is 176 g/mol. The van der Waals surface area contributed by atoms with Crippen molar-refractivity contribution >= 4 is 10.1 Å². The van der Waals surface area contributed by atoms with Crippen molar-refractivity contribution in [2.24, 2.45) is 0 Å². The topological polar surface area (TPSA) is 54.4 Å². The van der Waals surface area contributed by atoms with Crippen LogP contribution in [0.2, 0.25) is 0 Å². The first-order chi connectivity index (χ1) is 5.39. The van der Waals surface area contributed by atoms with E-state index in [0.717, 1.165) is 5.56 Å². The summed E-state index contributed by atoms with van der Waals surface area (Å²) in [5, 5.41) is 0. The SMILES string of the molecule is Cc1[c]c(S(=O)(=O)O)cc(C)c1. The summed E-state index contributed by atoms with van der Waals surface area (Å²) in [4.78, 5) is -0.167. The van der Waals surface area contributed by atoms with E-state index in [1.807, 2.05) is 0 Å². The molecule has 65 valence electrons. The molecule has 0 saturated heterocycles. The summed E-state index contributed by atoms with van der Waals surface area (Å²) in [6, 6.07) is 5.71. The molecular formula is C8H9O3S. The number of rotatable bonds is 1. The van der Waals surface area contributed by atoms with Gasteiger partial charge in [0.15, 0.2) is 0 Å². The fourth-order valence-corrected chi connectivity index (χ4v) is 1.62. The van der Waals surface area contributed by atoms with Gasteiger partial charge in [-0.15, -0.1) is 0 Å². The molecule has 1 N–H and O–H groups in total. The highest BCUT2D eigenvalue weighted by atomic mass is 32.2. The number of hydrogen-bond acceptors (Lipinski definition) is 2. The van der Waals surface area contributed by atoms with Crippen LogP contribution in [0.4, 0.5) is 0 Å². The fourth-order valence-electron chi connectivity index (χ4n) is 0.995. The van der Waals surface area contributed by atoms with E-state index in [1.54, 1.807) is 19.9 Å². The van der Waals surface area contributed by atoms with Gasteiger partial charge in [-0.25, -0.2) is 0 Å². The van der Waals surface area contributed by atoms with Gasteiger partial charge in [-0.2, -0.15) is 8.42 Å². The summed E-state index contributed by atoms with van der Waals surface area (Å²) in [5.74, 6) is 0. The highest BCUT2D eigenvalue weighted by Gasteiger charge is 2.09. The Morgan fingerprint density at radius 1 is 1.33 bits per heavy atom. The highest BCUT2D eigenvalue weighted by Crippen LogP contribution is 2.12. The van der Waals surface area contributed by atoms with E-state index in [0.29, 0.717) is 5.56 Å². The molecule has 0 aromatic heterocycles. The molecule has 1 aromatic rings. The van der Waals surface area contributed by atoms with Gasteiger partial charge in [0.25, 0.3) is 10.1 Å². The maximum atomic E-state index is 10.7. The molecule has 3 nitrogen and oxygen atoms in total. The molecule has 0 atom stereocenters. The van der Waals surface area contributed by atoms with Crippen LogP contribution in [0.3, 0.4) is 0 Å². The highest BCUT2D eigenvalue weighted by molar-refractivity contribution is 7.85. The smallest absolute Gasteiger partial charge is 0.282 e. The van der Waals surface area contributed by atoms with Gasteiger partial charge in [0.2, 0.25) is 0 Å². The largest absolute Gasteiger partial charge is 0.295 e. The minimum atomic E-state index is -4.10. The Hall–Kier alpha value is -0.870. The van der Waals surface area contributed by atoms with Gasteiger partial charge in [0, 0.05) is 6.07 Å². The molecule has 4 heteroatoms.